The zero-order chi connectivity index (χ0) is 15.9. The van der Waals surface area contributed by atoms with Crippen molar-refractivity contribution in [1.29, 1.82) is 0 Å². The lowest BCUT2D eigenvalue weighted by molar-refractivity contribution is -0.291. The number of rotatable bonds is 6. The number of methoxy groups -OCH3 is 2. The maximum atomic E-state index is 11.3. The second-order valence-corrected chi connectivity index (χ2v) is 4.15. The summed E-state index contributed by atoms with van der Waals surface area (Å²) in [6.45, 7) is 0. The van der Waals surface area contributed by atoms with E-state index in [1.54, 1.807) is 0 Å². The highest BCUT2D eigenvalue weighted by molar-refractivity contribution is 6.04. The molecule has 0 aromatic rings. The lowest BCUT2D eigenvalue weighted by Gasteiger charge is -2.57. The fraction of sp³-hybridized carbons (Fsp3) is 0.600. The number of hydrogen-bond donors (Lipinski definition) is 4. The standard InChI is InChI=1S/C10H12O10/c1-19-9(7(15)16)3(5(11)12)10(20-2,8(17)18)4(9)6(13)14/h3-4H,1-2H3,(H,11,12)(H,13,14)(H,15,16)(H,17,18). The molecule has 0 aliphatic heterocycles. The molecule has 0 spiro atoms. The van der Waals surface area contributed by atoms with Gasteiger partial charge >= 0.3 is 23.9 Å². The molecule has 10 heteroatoms. The Morgan fingerprint density at radius 1 is 0.750 bits per heavy atom. The summed E-state index contributed by atoms with van der Waals surface area (Å²) in [5, 5.41) is 36.4. The Hall–Kier alpha value is -2.20. The molecule has 1 aliphatic rings. The van der Waals surface area contributed by atoms with E-state index in [0.29, 0.717) is 0 Å². The van der Waals surface area contributed by atoms with Crippen LogP contribution in [0.5, 0.6) is 0 Å². The maximum absolute atomic E-state index is 11.3. The molecule has 1 saturated carbocycles. The summed E-state index contributed by atoms with van der Waals surface area (Å²) in [4.78, 5) is 45.0. The van der Waals surface area contributed by atoms with Gasteiger partial charge in [-0.2, -0.15) is 0 Å². The quantitative estimate of drug-likeness (QED) is 0.444. The van der Waals surface area contributed by atoms with Gasteiger partial charge in [0.25, 0.3) is 0 Å². The minimum Gasteiger partial charge on any atom is -0.481 e. The summed E-state index contributed by atoms with van der Waals surface area (Å²) in [5.74, 6) is -11.9. The average molecular weight is 292 g/mol. The zero-order valence-electron chi connectivity index (χ0n) is 10.4. The number of hydrogen-bond acceptors (Lipinski definition) is 6. The Balaban J connectivity index is 3.63. The van der Waals surface area contributed by atoms with Crippen molar-refractivity contribution in [2.45, 2.75) is 11.2 Å². The molecule has 0 unspecified atom stereocenters. The molecule has 0 aromatic heterocycles. The van der Waals surface area contributed by atoms with Crippen LogP contribution in [0.15, 0.2) is 0 Å². The third-order valence-corrected chi connectivity index (χ3v) is 3.55. The van der Waals surface area contributed by atoms with Gasteiger partial charge in [0.2, 0.25) is 0 Å². The van der Waals surface area contributed by atoms with Gasteiger partial charge in [-0.3, -0.25) is 9.59 Å². The summed E-state index contributed by atoms with van der Waals surface area (Å²) < 4.78 is 9.17. The molecule has 4 N–H and O–H groups in total. The second kappa shape index (κ2) is 4.72. The molecule has 0 saturated heterocycles. The zero-order valence-corrected chi connectivity index (χ0v) is 10.4. The van der Waals surface area contributed by atoms with Crippen LogP contribution in [0.2, 0.25) is 0 Å². The normalized spacial score (nSPS) is 35.9. The Bertz CT molecular complexity index is 428. The van der Waals surface area contributed by atoms with Gasteiger partial charge in [0, 0.05) is 14.2 Å². The van der Waals surface area contributed by atoms with Crippen molar-refractivity contribution in [3.63, 3.8) is 0 Å². The smallest absolute Gasteiger partial charge is 0.338 e. The van der Waals surface area contributed by atoms with Crippen LogP contribution >= 0.6 is 0 Å². The van der Waals surface area contributed by atoms with Crippen LogP contribution < -0.4 is 0 Å². The maximum Gasteiger partial charge on any atom is 0.338 e. The molecule has 0 bridgehead atoms. The van der Waals surface area contributed by atoms with Crippen LogP contribution in [0.4, 0.5) is 0 Å². The molecule has 1 aliphatic carbocycles. The van der Waals surface area contributed by atoms with Crippen molar-refractivity contribution >= 4 is 23.9 Å². The van der Waals surface area contributed by atoms with Crippen molar-refractivity contribution in [3.8, 4) is 0 Å². The van der Waals surface area contributed by atoms with Crippen molar-refractivity contribution in [1.82, 2.24) is 0 Å². The summed E-state index contributed by atoms with van der Waals surface area (Å²) >= 11 is 0. The number of carbonyl (C=O) groups is 4. The average Bonchev–Trinajstić information content (AvgIpc) is 2.27. The SMILES string of the molecule is COC1(C(=O)O)C(C(=O)O)C(OC)(C(=O)O)C1C(=O)O. The fourth-order valence-electron chi connectivity index (χ4n) is 2.75. The monoisotopic (exact) mass is 292 g/mol. The van der Waals surface area contributed by atoms with E-state index >= 15 is 0 Å². The molecule has 10 nitrogen and oxygen atoms in total. The van der Waals surface area contributed by atoms with E-state index in [4.69, 9.17) is 20.4 Å². The van der Waals surface area contributed by atoms with Gasteiger partial charge in [0.05, 0.1) is 0 Å². The van der Waals surface area contributed by atoms with Crippen LogP contribution in [-0.2, 0) is 28.7 Å². The van der Waals surface area contributed by atoms with Crippen molar-refractivity contribution in [2.24, 2.45) is 11.8 Å². The molecule has 0 heterocycles. The van der Waals surface area contributed by atoms with Gasteiger partial charge in [0.15, 0.2) is 11.2 Å². The first kappa shape index (κ1) is 15.9. The highest BCUT2D eigenvalue weighted by atomic mass is 16.6. The lowest BCUT2D eigenvalue weighted by Crippen LogP contribution is -2.84. The topological polar surface area (TPSA) is 168 Å². The van der Waals surface area contributed by atoms with Gasteiger partial charge in [-0.1, -0.05) is 0 Å². The first-order valence-corrected chi connectivity index (χ1v) is 5.17. The Morgan fingerprint density at radius 2 is 1.00 bits per heavy atom. The Labute approximate surface area is 111 Å². The number of ether oxygens (including phenoxy) is 2. The van der Waals surface area contributed by atoms with Gasteiger partial charge in [-0.05, 0) is 0 Å². The largest absolute Gasteiger partial charge is 0.481 e. The van der Waals surface area contributed by atoms with E-state index in [1.807, 2.05) is 0 Å². The molecule has 0 radical (unpaired) electrons. The third-order valence-electron chi connectivity index (χ3n) is 3.55. The van der Waals surface area contributed by atoms with Crippen LogP contribution in [0.3, 0.4) is 0 Å². The van der Waals surface area contributed by atoms with E-state index in [-0.39, 0.29) is 0 Å². The first-order chi connectivity index (χ1) is 9.14. The van der Waals surface area contributed by atoms with Gasteiger partial charge in [0.1, 0.15) is 11.8 Å². The van der Waals surface area contributed by atoms with Gasteiger partial charge in [-0.25, -0.2) is 9.59 Å². The molecule has 0 aromatic carbocycles. The number of aliphatic carboxylic acids is 4. The summed E-state index contributed by atoms with van der Waals surface area (Å²) in [6, 6.07) is 0. The Morgan fingerprint density at radius 3 is 1.10 bits per heavy atom. The van der Waals surface area contributed by atoms with Crippen LogP contribution in [0.25, 0.3) is 0 Å². The summed E-state index contributed by atoms with van der Waals surface area (Å²) in [7, 11) is 1.59. The van der Waals surface area contributed by atoms with Crippen molar-refractivity contribution in [3.05, 3.63) is 0 Å². The van der Waals surface area contributed by atoms with Gasteiger partial charge < -0.3 is 29.9 Å². The van der Waals surface area contributed by atoms with E-state index in [0.717, 1.165) is 14.2 Å². The molecule has 1 rings (SSSR count). The lowest BCUT2D eigenvalue weighted by atomic mass is 9.49. The number of carboxylic acid groups (broad SMARTS) is 4. The van der Waals surface area contributed by atoms with Crippen LogP contribution in [0.1, 0.15) is 0 Å². The molecule has 112 valence electrons. The van der Waals surface area contributed by atoms with Crippen LogP contribution in [-0.4, -0.2) is 69.7 Å². The minimum absolute atomic E-state index is 0.793. The summed E-state index contributed by atoms with van der Waals surface area (Å²) in [5.41, 5.74) is -5.46. The molecular formula is C10H12O10. The predicted molar refractivity (Wildman–Crippen MR) is 57.0 cm³/mol. The van der Waals surface area contributed by atoms with E-state index in [9.17, 15) is 19.2 Å². The highest BCUT2D eigenvalue weighted by Gasteiger charge is 2.85. The van der Waals surface area contributed by atoms with Crippen LogP contribution in [0, 0.1) is 11.8 Å². The minimum atomic E-state index is -2.73. The fourth-order valence-corrected chi connectivity index (χ4v) is 2.75. The molecule has 0 atom stereocenters. The summed E-state index contributed by atoms with van der Waals surface area (Å²) in [6.07, 6.45) is 0. The second-order valence-electron chi connectivity index (χ2n) is 4.15. The highest BCUT2D eigenvalue weighted by Crippen LogP contribution is 2.57. The van der Waals surface area contributed by atoms with E-state index in [1.165, 1.54) is 0 Å². The molecule has 1 fully saturated rings. The van der Waals surface area contributed by atoms with E-state index < -0.39 is 46.9 Å². The third kappa shape index (κ3) is 1.51. The number of carboxylic acids is 4. The molecule has 0 amide bonds. The van der Waals surface area contributed by atoms with Crippen molar-refractivity contribution < 1.29 is 49.1 Å². The van der Waals surface area contributed by atoms with E-state index in [2.05, 4.69) is 9.47 Å². The van der Waals surface area contributed by atoms with Gasteiger partial charge in [-0.15, -0.1) is 0 Å². The predicted octanol–water partition coefficient (Wildman–Crippen LogP) is -1.66. The van der Waals surface area contributed by atoms with Crippen molar-refractivity contribution in [2.75, 3.05) is 14.2 Å². The first-order valence-electron chi connectivity index (χ1n) is 5.17. The molecular weight excluding hydrogens is 280 g/mol. The Kier molecular flexibility index (Phi) is 3.74. The molecule has 20 heavy (non-hydrogen) atoms.